The summed E-state index contributed by atoms with van der Waals surface area (Å²) in [6.07, 6.45) is 1.54. The molecule has 9 nitrogen and oxygen atoms in total. The quantitative estimate of drug-likeness (QED) is 0.842. The van der Waals surface area contributed by atoms with Crippen molar-refractivity contribution in [2.45, 2.75) is 13.0 Å². The van der Waals surface area contributed by atoms with Crippen LogP contribution in [0.5, 0.6) is 11.5 Å². The number of nitrogens with zero attached hydrogens (tertiary/aromatic N) is 4. The molecule has 0 saturated heterocycles. The molecule has 0 aliphatic carbocycles. The van der Waals surface area contributed by atoms with Crippen molar-refractivity contribution in [1.82, 2.24) is 20.2 Å². The third-order valence-corrected chi connectivity index (χ3v) is 3.39. The topological polar surface area (TPSA) is 111 Å². The summed E-state index contributed by atoms with van der Waals surface area (Å²) in [6.45, 7) is 2.40. The second kappa shape index (κ2) is 5.95. The molecule has 120 valence electrons. The average molecular weight is 317 g/mol. The van der Waals surface area contributed by atoms with Gasteiger partial charge in [0.25, 0.3) is 0 Å². The van der Waals surface area contributed by atoms with Crippen molar-refractivity contribution < 1.29 is 19.4 Å². The van der Waals surface area contributed by atoms with E-state index < -0.39 is 12.0 Å². The number of tetrazole rings is 1. The molecule has 0 radical (unpaired) electrons. The third kappa shape index (κ3) is 2.68. The number of ether oxygens (including phenoxy) is 2. The molecular weight excluding hydrogens is 302 g/mol. The van der Waals surface area contributed by atoms with Gasteiger partial charge in [-0.3, -0.25) is 0 Å². The summed E-state index contributed by atoms with van der Waals surface area (Å²) in [6, 6.07) is 4.92. The van der Waals surface area contributed by atoms with E-state index in [1.807, 2.05) is 13.0 Å². The fourth-order valence-electron chi connectivity index (χ4n) is 2.36. The van der Waals surface area contributed by atoms with Gasteiger partial charge in [0.1, 0.15) is 11.7 Å². The molecule has 2 heterocycles. The summed E-state index contributed by atoms with van der Waals surface area (Å²) in [5, 5.41) is 23.2. The van der Waals surface area contributed by atoms with Crippen LogP contribution in [-0.4, -0.2) is 45.0 Å². The highest BCUT2D eigenvalue weighted by Gasteiger charge is 2.27. The Morgan fingerprint density at radius 3 is 2.96 bits per heavy atom. The number of fused-ring (bicyclic) bond motifs is 1. The number of benzene rings is 1. The van der Waals surface area contributed by atoms with E-state index in [1.54, 1.807) is 25.3 Å². The van der Waals surface area contributed by atoms with Gasteiger partial charge < -0.3 is 19.9 Å². The lowest BCUT2D eigenvalue weighted by molar-refractivity contribution is -0.132. The minimum absolute atomic E-state index is 0.0187. The van der Waals surface area contributed by atoms with Crippen molar-refractivity contribution in [3.05, 3.63) is 35.5 Å². The van der Waals surface area contributed by atoms with Gasteiger partial charge >= 0.3 is 5.97 Å². The number of nitrogens with one attached hydrogen (secondary N) is 1. The number of aromatic nitrogens is 4. The maximum atomic E-state index is 11.3. The van der Waals surface area contributed by atoms with Crippen LogP contribution >= 0.6 is 0 Å². The summed E-state index contributed by atoms with van der Waals surface area (Å²) in [7, 11) is 1.55. The van der Waals surface area contributed by atoms with E-state index in [2.05, 4.69) is 20.8 Å². The zero-order chi connectivity index (χ0) is 16.4. The fraction of sp³-hybridized carbons (Fsp3) is 0.286. The number of hydrogen-bond acceptors (Lipinski definition) is 7. The molecule has 9 heteroatoms. The summed E-state index contributed by atoms with van der Waals surface area (Å²) in [5.41, 5.74) is 0.796. The van der Waals surface area contributed by atoms with Crippen molar-refractivity contribution in [3.63, 3.8) is 0 Å². The maximum Gasteiger partial charge on any atom is 0.352 e. The van der Waals surface area contributed by atoms with Crippen LogP contribution in [0.25, 0.3) is 0 Å². The number of carboxylic acid groups (broad SMARTS) is 1. The summed E-state index contributed by atoms with van der Waals surface area (Å²) < 4.78 is 12.3. The predicted molar refractivity (Wildman–Crippen MR) is 79.5 cm³/mol. The molecule has 3 rings (SSSR count). The normalized spacial score (nSPS) is 16.1. The predicted octanol–water partition coefficient (Wildman–Crippen LogP) is 1.06. The van der Waals surface area contributed by atoms with Crippen LogP contribution in [0, 0.1) is 0 Å². The van der Waals surface area contributed by atoms with Gasteiger partial charge in [-0.1, -0.05) is 11.2 Å². The van der Waals surface area contributed by atoms with Crippen LogP contribution in [0.2, 0.25) is 0 Å². The first-order valence-corrected chi connectivity index (χ1v) is 6.94. The second-order valence-corrected chi connectivity index (χ2v) is 4.75. The van der Waals surface area contributed by atoms with E-state index in [9.17, 15) is 9.90 Å². The van der Waals surface area contributed by atoms with Crippen LogP contribution in [0.3, 0.4) is 0 Å². The maximum absolute atomic E-state index is 11.3. The van der Waals surface area contributed by atoms with Crippen LogP contribution in [0.15, 0.2) is 30.0 Å². The van der Waals surface area contributed by atoms with Crippen molar-refractivity contribution in [3.8, 4) is 11.5 Å². The molecule has 0 unspecified atom stereocenters. The molecule has 1 aromatic heterocycles. The van der Waals surface area contributed by atoms with Gasteiger partial charge in [-0.25, -0.2) is 4.79 Å². The Morgan fingerprint density at radius 1 is 1.43 bits per heavy atom. The number of allylic oxidation sites excluding steroid dienone is 1. The number of anilines is 1. The van der Waals surface area contributed by atoms with Gasteiger partial charge in [0, 0.05) is 0 Å². The molecule has 1 atom stereocenters. The first-order chi connectivity index (χ1) is 11.1. The highest BCUT2D eigenvalue weighted by Crippen LogP contribution is 2.34. The average Bonchev–Trinajstić information content (AvgIpc) is 3.03. The van der Waals surface area contributed by atoms with E-state index in [0.29, 0.717) is 18.1 Å². The smallest absolute Gasteiger partial charge is 0.352 e. The van der Waals surface area contributed by atoms with Gasteiger partial charge in [0.2, 0.25) is 5.95 Å². The molecular formula is C14H15N5O4. The van der Waals surface area contributed by atoms with Gasteiger partial charge in [-0.2, -0.15) is 4.68 Å². The highest BCUT2D eigenvalue weighted by atomic mass is 16.5. The van der Waals surface area contributed by atoms with Gasteiger partial charge in [0.15, 0.2) is 11.5 Å². The van der Waals surface area contributed by atoms with Crippen molar-refractivity contribution in [2.75, 3.05) is 19.0 Å². The van der Waals surface area contributed by atoms with E-state index in [4.69, 9.17) is 9.47 Å². The van der Waals surface area contributed by atoms with E-state index in [0.717, 1.165) is 5.56 Å². The van der Waals surface area contributed by atoms with Gasteiger partial charge in [-0.15, -0.1) is 0 Å². The van der Waals surface area contributed by atoms with Crippen LogP contribution in [0.4, 0.5) is 5.95 Å². The molecule has 2 aromatic rings. The Balaban J connectivity index is 2.05. The summed E-state index contributed by atoms with van der Waals surface area (Å²) in [5.74, 6) is 0.361. The van der Waals surface area contributed by atoms with Crippen LogP contribution in [0.1, 0.15) is 18.5 Å². The molecule has 1 aromatic carbocycles. The lowest BCUT2D eigenvalue weighted by Crippen LogP contribution is -2.24. The number of aliphatic carboxylic acids is 1. The molecule has 0 spiro atoms. The van der Waals surface area contributed by atoms with Crippen LogP contribution < -0.4 is 14.8 Å². The molecule has 0 saturated carbocycles. The van der Waals surface area contributed by atoms with Crippen molar-refractivity contribution in [1.29, 1.82) is 0 Å². The molecule has 1 aliphatic rings. The van der Waals surface area contributed by atoms with Crippen molar-refractivity contribution in [2.24, 2.45) is 0 Å². The van der Waals surface area contributed by atoms with E-state index in [1.165, 1.54) is 4.68 Å². The monoisotopic (exact) mass is 317 g/mol. The Labute approximate surface area is 131 Å². The minimum Gasteiger partial charge on any atom is -0.493 e. The lowest BCUT2D eigenvalue weighted by Gasteiger charge is -2.22. The van der Waals surface area contributed by atoms with Gasteiger partial charge in [-0.05, 0) is 41.1 Å². The first-order valence-electron chi connectivity index (χ1n) is 6.94. The number of carboxylic acids is 1. The first kappa shape index (κ1) is 14.8. The Hall–Kier alpha value is -3.10. The Kier molecular flexibility index (Phi) is 3.83. The SMILES string of the molecule is CCOc1ccc([C@H]2C=C(C(=O)O)Nc3nnnn32)cc1OC. The number of methoxy groups -OCH3 is 1. The molecule has 0 fully saturated rings. The Bertz CT molecular complexity index is 770. The summed E-state index contributed by atoms with van der Waals surface area (Å²) >= 11 is 0. The number of carbonyl (C=O) groups is 1. The second-order valence-electron chi connectivity index (χ2n) is 4.75. The van der Waals surface area contributed by atoms with Crippen LogP contribution in [-0.2, 0) is 4.79 Å². The van der Waals surface area contributed by atoms with E-state index >= 15 is 0 Å². The Morgan fingerprint density at radius 2 is 2.26 bits per heavy atom. The zero-order valence-electron chi connectivity index (χ0n) is 12.6. The molecule has 0 amide bonds. The highest BCUT2D eigenvalue weighted by molar-refractivity contribution is 5.90. The molecule has 23 heavy (non-hydrogen) atoms. The van der Waals surface area contributed by atoms with Gasteiger partial charge in [0.05, 0.1) is 13.7 Å². The van der Waals surface area contributed by atoms with E-state index in [-0.39, 0.29) is 11.6 Å². The molecule has 2 N–H and O–H groups in total. The third-order valence-electron chi connectivity index (χ3n) is 3.39. The largest absolute Gasteiger partial charge is 0.493 e. The zero-order valence-corrected chi connectivity index (χ0v) is 12.6. The minimum atomic E-state index is -1.08. The number of hydrogen-bond donors (Lipinski definition) is 2. The molecule has 1 aliphatic heterocycles. The number of rotatable bonds is 5. The fourth-order valence-corrected chi connectivity index (χ4v) is 2.36. The lowest BCUT2D eigenvalue weighted by atomic mass is 10.0. The summed E-state index contributed by atoms with van der Waals surface area (Å²) in [4.78, 5) is 11.3. The van der Waals surface area contributed by atoms with Crippen molar-refractivity contribution >= 4 is 11.9 Å². The standard InChI is InChI=1S/C14H15N5O4/c1-3-23-11-5-4-8(6-12(11)22-2)10-7-9(13(20)21)15-14-16-17-18-19(10)14/h4-7,10H,3H2,1-2H3,(H,20,21)(H,15,16,18)/t10-/m1/s1. The molecule has 0 bridgehead atoms.